The zero-order chi connectivity index (χ0) is 28.1. The Morgan fingerprint density at radius 2 is 1.25 bits per heavy atom. The van der Waals surface area contributed by atoms with Gasteiger partial charge in [-0.25, -0.2) is 0 Å². The fourth-order valence-corrected chi connectivity index (χ4v) is 14.2. The van der Waals surface area contributed by atoms with Crippen LogP contribution in [0.1, 0.15) is 81.3 Å². The van der Waals surface area contributed by atoms with E-state index in [9.17, 15) is 0 Å². The van der Waals surface area contributed by atoms with Crippen LogP contribution in [0.5, 0.6) is 0 Å². The molecule has 0 radical (unpaired) electrons. The molecular weight excluding hydrogens is 560 g/mol. The summed E-state index contributed by atoms with van der Waals surface area (Å²) in [4.78, 5) is 0. The van der Waals surface area contributed by atoms with E-state index in [1.165, 1.54) is 38.9 Å². The van der Waals surface area contributed by atoms with Crippen molar-refractivity contribution < 1.29 is 21.3 Å². The predicted molar refractivity (Wildman–Crippen MR) is 170 cm³/mol. The standard InChI is InChI=1S/C21H25.C13H10.C5H5.Zr/c1-20(2,3)16-9-7-14-11-15-8-10-17(21(4,5)6)13-19(15)18(14)12-16;1-3-7-12(8-4-1)11-13-9-5-2-6-10-13;1-2-4-5-3-1;/h7,9-10,12-13H,11H2,1-6H3;1-10H;1-3H,4H2;. The molecule has 0 amide bonds. The molecule has 0 spiro atoms. The van der Waals surface area contributed by atoms with Crippen molar-refractivity contribution >= 4 is 6.48 Å². The molecule has 0 N–H and O–H groups in total. The molecule has 0 saturated heterocycles. The van der Waals surface area contributed by atoms with Crippen molar-refractivity contribution in [3.63, 3.8) is 0 Å². The van der Waals surface area contributed by atoms with Crippen LogP contribution in [0.2, 0.25) is 0 Å². The monoisotopic (exact) mass is 598 g/mol. The van der Waals surface area contributed by atoms with Gasteiger partial charge in [0.1, 0.15) is 0 Å². The molecule has 40 heavy (non-hydrogen) atoms. The fraction of sp³-hybridized carbons (Fsp3) is 0.256. The second kappa shape index (κ2) is 10.5. The van der Waals surface area contributed by atoms with E-state index in [4.69, 9.17) is 0 Å². The van der Waals surface area contributed by atoms with Crippen LogP contribution in [0.15, 0.2) is 113 Å². The molecule has 4 aromatic rings. The quantitative estimate of drug-likeness (QED) is 0.193. The van der Waals surface area contributed by atoms with E-state index in [2.05, 4.69) is 151 Å². The second-order valence-corrected chi connectivity index (χ2v) is 19.4. The summed E-state index contributed by atoms with van der Waals surface area (Å²) in [6.07, 6.45) is 9.23. The summed E-state index contributed by atoms with van der Waals surface area (Å²) in [5.41, 5.74) is 11.9. The third kappa shape index (κ3) is 5.15. The molecule has 0 heterocycles. The Morgan fingerprint density at radius 3 is 1.80 bits per heavy atom. The van der Waals surface area contributed by atoms with Gasteiger partial charge in [-0.05, 0) is 0 Å². The summed E-state index contributed by atoms with van der Waals surface area (Å²) in [7, 11) is 0. The van der Waals surface area contributed by atoms with E-state index in [0.717, 1.165) is 12.8 Å². The molecule has 4 aromatic carbocycles. The van der Waals surface area contributed by atoms with Gasteiger partial charge in [0.2, 0.25) is 0 Å². The zero-order valence-electron chi connectivity index (χ0n) is 24.8. The van der Waals surface area contributed by atoms with Crippen molar-refractivity contribution in [3.8, 4) is 11.1 Å². The minimum atomic E-state index is -2.65. The van der Waals surface area contributed by atoms with Gasteiger partial charge < -0.3 is 0 Å². The first kappa shape index (κ1) is 27.3. The van der Waals surface area contributed by atoms with Gasteiger partial charge in [-0.2, -0.15) is 0 Å². The number of allylic oxidation sites excluding steroid dienone is 4. The molecule has 200 valence electrons. The fourth-order valence-electron chi connectivity index (χ4n) is 6.16. The normalized spacial score (nSPS) is 14.1. The van der Waals surface area contributed by atoms with Gasteiger partial charge in [0, 0.05) is 0 Å². The average molecular weight is 600 g/mol. The molecule has 0 aromatic heterocycles. The summed E-state index contributed by atoms with van der Waals surface area (Å²) >= 11 is -2.65. The number of fused-ring (bicyclic) bond motifs is 3. The number of hydrogen-bond acceptors (Lipinski definition) is 0. The van der Waals surface area contributed by atoms with Crippen LogP contribution in [-0.4, -0.2) is 3.21 Å². The summed E-state index contributed by atoms with van der Waals surface area (Å²) in [5.74, 6) is 0. The van der Waals surface area contributed by atoms with Crippen LogP contribution in [0.3, 0.4) is 0 Å². The maximum absolute atomic E-state index is 2.65. The van der Waals surface area contributed by atoms with Crippen LogP contribution in [0.25, 0.3) is 11.1 Å². The Labute approximate surface area is 248 Å². The van der Waals surface area contributed by atoms with Gasteiger partial charge in [0.15, 0.2) is 0 Å². The van der Waals surface area contributed by atoms with Crippen LogP contribution in [0.4, 0.5) is 0 Å². The first-order valence-electron chi connectivity index (χ1n) is 14.6. The maximum atomic E-state index is 2.63. The molecule has 0 unspecified atom stereocenters. The molecule has 0 atom stereocenters. The van der Waals surface area contributed by atoms with Crippen LogP contribution >= 0.6 is 0 Å². The SMILES string of the molecule is CC(C)(C)c1ccc2c(c1)-c1cc(C(C)(C)C)c[c]([Zr]([C]3=CC=CC3)=[C](c3ccccc3)c3ccccc3)c1C2. The van der Waals surface area contributed by atoms with Crippen molar-refractivity contribution in [2.45, 2.75) is 65.2 Å². The van der Waals surface area contributed by atoms with Crippen molar-refractivity contribution in [1.82, 2.24) is 0 Å². The minimum absolute atomic E-state index is 0.0738. The number of hydrogen-bond donors (Lipinski definition) is 0. The van der Waals surface area contributed by atoms with Crippen molar-refractivity contribution in [2.24, 2.45) is 0 Å². The van der Waals surface area contributed by atoms with Gasteiger partial charge >= 0.3 is 250 Å². The van der Waals surface area contributed by atoms with Crippen LogP contribution in [-0.2, 0) is 38.5 Å². The third-order valence-electron chi connectivity index (χ3n) is 8.49. The van der Waals surface area contributed by atoms with Gasteiger partial charge in [0.05, 0.1) is 0 Å². The topological polar surface area (TPSA) is 0 Å². The molecule has 6 rings (SSSR count). The molecule has 0 bridgehead atoms. The van der Waals surface area contributed by atoms with E-state index >= 15 is 0 Å². The summed E-state index contributed by atoms with van der Waals surface area (Å²) in [6.45, 7) is 14.1. The summed E-state index contributed by atoms with van der Waals surface area (Å²) in [5, 5.41) is 0. The predicted octanol–water partition coefficient (Wildman–Crippen LogP) is 9.21. The third-order valence-corrected chi connectivity index (χ3v) is 16.0. The van der Waals surface area contributed by atoms with Crippen molar-refractivity contribution in [1.29, 1.82) is 0 Å². The number of rotatable bonds is 4. The Balaban J connectivity index is 1.72. The molecule has 0 fully saturated rings. The van der Waals surface area contributed by atoms with Gasteiger partial charge in [-0.1, -0.05) is 0 Å². The van der Waals surface area contributed by atoms with Gasteiger partial charge in [-0.3, -0.25) is 0 Å². The number of benzene rings is 4. The van der Waals surface area contributed by atoms with Crippen LogP contribution < -0.4 is 3.27 Å². The molecule has 1 heteroatoms. The Bertz CT molecular complexity index is 1630. The van der Waals surface area contributed by atoms with E-state index in [0.29, 0.717) is 0 Å². The van der Waals surface area contributed by atoms with Gasteiger partial charge in [-0.15, -0.1) is 0 Å². The molecule has 0 nitrogen and oxygen atoms in total. The van der Waals surface area contributed by atoms with Crippen molar-refractivity contribution in [2.75, 3.05) is 0 Å². The summed E-state index contributed by atoms with van der Waals surface area (Å²) in [6, 6.07) is 34.9. The first-order valence-corrected chi connectivity index (χ1v) is 18.3. The van der Waals surface area contributed by atoms with E-state index in [1.54, 1.807) is 15.3 Å². The molecule has 2 aliphatic rings. The zero-order valence-corrected chi connectivity index (χ0v) is 27.3. The van der Waals surface area contributed by atoms with Gasteiger partial charge in [0.25, 0.3) is 0 Å². The Morgan fingerprint density at radius 1 is 0.650 bits per heavy atom. The van der Waals surface area contributed by atoms with E-state index < -0.39 is 21.3 Å². The first-order chi connectivity index (χ1) is 19.1. The summed E-state index contributed by atoms with van der Waals surface area (Å²) < 4.78 is 4.93. The molecule has 0 saturated carbocycles. The van der Waals surface area contributed by atoms with E-state index in [-0.39, 0.29) is 10.8 Å². The Kier molecular flexibility index (Phi) is 7.17. The Hall–Kier alpha value is -2.89. The molecule has 2 aliphatic carbocycles. The van der Waals surface area contributed by atoms with E-state index in [1.807, 2.05) is 0 Å². The molecular formula is C39H40Zr. The second-order valence-electron chi connectivity index (χ2n) is 13.4. The van der Waals surface area contributed by atoms with Crippen LogP contribution in [0, 0.1) is 0 Å². The average Bonchev–Trinajstić information content (AvgIpc) is 3.59. The van der Waals surface area contributed by atoms with Crippen molar-refractivity contribution in [3.05, 3.63) is 146 Å². The molecule has 0 aliphatic heterocycles.